The molecule has 1 aliphatic rings. The van der Waals surface area contributed by atoms with E-state index in [0.29, 0.717) is 11.1 Å². The van der Waals surface area contributed by atoms with E-state index in [1.807, 2.05) is 0 Å². The summed E-state index contributed by atoms with van der Waals surface area (Å²) in [5.41, 5.74) is 6.14. The fourth-order valence-electron chi connectivity index (χ4n) is 3.49. The van der Waals surface area contributed by atoms with Crippen LogP contribution in [0.2, 0.25) is 0 Å². The molecule has 0 aromatic rings. The van der Waals surface area contributed by atoms with Gasteiger partial charge in [-0.15, -0.1) is 0 Å². The Kier molecular flexibility index (Phi) is 4.81. The number of rotatable bonds is 5. The smallest absolute Gasteiger partial charge is 0.0132 e. The van der Waals surface area contributed by atoms with Gasteiger partial charge in [-0.25, -0.2) is 0 Å². The molecule has 0 radical (unpaired) electrons. The van der Waals surface area contributed by atoms with Crippen LogP contribution in [0.15, 0.2) is 0 Å². The van der Waals surface area contributed by atoms with Gasteiger partial charge < -0.3 is 11.1 Å². The Morgan fingerprint density at radius 2 is 1.56 bits per heavy atom. The summed E-state index contributed by atoms with van der Waals surface area (Å²) in [6.45, 7) is 10.2. The van der Waals surface area contributed by atoms with Crippen molar-refractivity contribution >= 4 is 0 Å². The molecule has 0 spiro atoms. The average Bonchev–Trinajstić information content (AvgIpc) is 2.07. The molecule has 0 saturated carbocycles. The number of hydrogen-bond donors (Lipinski definition) is 2. The van der Waals surface area contributed by atoms with Crippen molar-refractivity contribution in [1.29, 1.82) is 0 Å². The van der Waals surface area contributed by atoms with Crippen molar-refractivity contribution in [1.82, 2.24) is 5.32 Å². The standard InChI is InChI=1S/C14H30N2/c1-13(2)10-12(8-6-5-7-9-15)11-14(3,4)16-13/h12,16H,5-11,15H2,1-4H3. The van der Waals surface area contributed by atoms with Gasteiger partial charge in [-0.2, -0.15) is 0 Å². The molecule has 0 unspecified atom stereocenters. The Morgan fingerprint density at radius 3 is 2.06 bits per heavy atom. The third kappa shape index (κ3) is 4.84. The van der Waals surface area contributed by atoms with Crippen molar-refractivity contribution in [2.45, 2.75) is 77.3 Å². The van der Waals surface area contributed by atoms with Gasteiger partial charge in [-0.1, -0.05) is 19.3 Å². The lowest BCUT2D eigenvalue weighted by Gasteiger charge is -2.46. The molecule has 96 valence electrons. The lowest BCUT2D eigenvalue weighted by Crippen LogP contribution is -2.57. The van der Waals surface area contributed by atoms with Gasteiger partial charge in [-0.05, 0) is 59.4 Å². The minimum Gasteiger partial charge on any atom is -0.330 e. The van der Waals surface area contributed by atoms with Crippen molar-refractivity contribution in [3.63, 3.8) is 0 Å². The van der Waals surface area contributed by atoms with E-state index in [1.54, 1.807) is 0 Å². The number of unbranched alkanes of at least 4 members (excludes halogenated alkanes) is 2. The first-order chi connectivity index (χ1) is 7.35. The summed E-state index contributed by atoms with van der Waals surface area (Å²) in [6.07, 6.45) is 7.87. The highest BCUT2D eigenvalue weighted by molar-refractivity contribution is 4.96. The number of nitrogens with two attached hydrogens (primary N) is 1. The summed E-state index contributed by atoms with van der Waals surface area (Å²) in [7, 11) is 0. The van der Waals surface area contributed by atoms with Crippen molar-refractivity contribution < 1.29 is 0 Å². The van der Waals surface area contributed by atoms with E-state index >= 15 is 0 Å². The first kappa shape index (κ1) is 14.0. The minimum atomic E-state index is 0.306. The van der Waals surface area contributed by atoms with E-state index in [0.717, 1.165) is 12.5 Å². The van der Waals surface area contributed by atoms with Crippen LogP contribution in [-0.4, -0.2) is 17.6 Å². The van der Waals surface area contributed by atoms with Crippen LogP contribution in [0.25, 0.3) is 0 Å². The highest BCUT2D eigenvalue weighted by Gasteiger charge is 2.36. The van der Waals surface area contributed by atoms with Crippen LogP contribution in [-0.2, 0) is 0 Å². The largest absolute Gasteiger partial charge is 0.330 e. The van der Waals surface area contributed by atoms with Crippen LogP contribution in [0.5, 0.6) is 0 Å². The fraction of sp³-hybridized carbons (Fsp3) is 1.00. The van der Waals surface area contributed by atoms with Crippen LogP contribution in [0.4, 0.5) is 0 Å². The summed E-state index contributed by atoms with van der Waals surface area (Å²) < 4.78 is 0. The predicted octanol–water partition coefficient (Wildman–Crippen LogP) is 3.06. The summed E-state index contributed by atoms with van der Waals surface area (Å²) in [4.78, 5) is 0. The zero-order valence-electron chi connectivity index (χ0n) is 11.6. The molecule has 1 fully saturated rings. The predicted molar refractivity (Wildman–Crippen MR) is 71.5 cm³/mol. The topological polar surface area (TPSA) is 38.0 Å². The van der Waals surface area contributed by atoms with E-state index in [-0.39, 0.29) is 0 Å². The van der Waals surface area contributed by atoms with Gasteiger partial charge in [0.25, 0.3) is 0 Å². The van der Waals surface area contributed by atoms with Crippen LogP contribution in [0.1, 0.15) is 66.2 Å². The van der Waals surface area contributed by atoms with Gasteiger partial charge in [0.05, 0.1) is 0 Å². The molecule has 0 aromatic heterocycles. The molecule has 0 aromatic carbocycles. The lowest BCUT2D eigenvalue weighted by atomic mass is 9.74. The first-order valence-electron chi connectivity index (χ1n) is 6.84. The molecule has 3 N–H and O–H groups in total. The van der Waals surface area contributed by atoms with Crippen molar-refractivity contribution in [3.05, 3.63) is 0 Å². The monoisotopic (exact) mass is 226 g/mol. The average molecular weight is 226 g/mol. The SMILES string of the molecule is CC1(C)CC(CCCCCN)CC(C)(C)N1. The highest BCUT2D eigenvalue weighted by atomic mass is 15.0. The van der Waals surface area contributed by atoms with E-state index in [9.17, 15) is 0 Å². The number of piperidine rings is 1. The van der Waals surface area contributed by atoms with Crippen LogP contribution in [0.3, 0.4) is 0 Å². The first-order valence-corrected chi connectivity index (χ1v) is 6.84. The molecule has 2 heteroatoms. The second-order valence-electron chi connectivity index (χ2n) is 6.81. The lowest BCUT2D eigenvalue weighted by molar-refractivity contribution is 0.122. The third-order valence-corrected chi connectivity index (χ3v) is 3.59. The maximum absolute atomic E-state index is 5.52. The van der Waals surface area contributed by atoms with E-state index in [1.165, 1.54) is 38.5 Å². The van der Waals surface area contributed by atoms with E-state index in [4.69, 9.17) is 5.73 Å². The Bertz CT molecular complexity index is 193. The van der Waals surface area contributed by atoms with Gasteiger partial charge in [0, 0.05) is 11.1 Å². The molecule has 0 amide bonds. The van der Waals surface area contributed by atoms with E-state index in [2.05, 4.69) is 33.0 Å². The normalized spacial score (nSPS) is 24.6. The van der Waals surface area contributed by atoms with E-state index < -0.39 is 0 Å². The molecular formula is C14H30N2. The molecule has 16 heavy (non-hydrogen) atoms. The van der Waals surface area contributed by atoms with Gasteiger partial charge in [0.15, 0.2) is 0 Å². The molecule has 1 saturated heterocycles. The van der Waals surface area contributed by atoms with Crippen LogP contribution < -0.4 is 11.1 Å². The summed E-state index contributed by atoms with van der Waals surface area (Å²) in [6, 6.07) is 0. The fourth-order valence-corrected chi connectivity index (χ4v) is 3.49. The Balaban J connectivity index is 2.36. The van der Waals surface area contributed by atoms with Crippen molar-refractivity contribution in [2.75, 3.05) is 6.54 Å². The van der Waals surface area contributed by atoms with Gasteiger partial charge in [0.1, 0.15) is 0 Å². The zero-order valence-corrected chi connectivity index (χ0v) is 11.6. The molecule has 1 heterocycles. The minimum absolute atomic E-state index is 0.306. The highest BCUT2D eigenvalue weighted by Crippen LogP contribution is 2.35. The summed E-state index contributed by atoms with van der Waals surface area (Å²) in [5.74, 6) is 0.893. The second kappa shape index (κ2) is 5.50. The van der Waals surface area contributed by atoms with Crippen LogP contribution in [0, 0.1) is 5.92 Å². The molecular weight excluding hydrogens is 196 g/mol. The quantitative estimate of drug-likeness (QED) is 0.707. The Morgan fingerprint density at radius 1 is 1.00 bits per heavy atom. The van der Waals surface area contributed by atoms with Crippen molar-refractivity contribution in [3.8, 4) is 0 Å². The Labute approximate surface area is 101 Å². The molecule has 0 bridgehead atoms. The zero-order chi connectivity index (χ0) is 12.2. The molecule has 2 nitrogen and oxygen atoms in total. The van der Waals surface area contributed by atoms with Gasteiger partial charge >= 0.3 is 0 Å². The summed E-state index contributed by atoms with van der Waals surface area (Å²) in [5, 5.41) is 3.74. The number of nitrogens with one attached hydrogen (secondary N) is 1. The Hall–Kier alpha value is -0.0800. The molecule has 0 atom stereocenters. The second-order valence-corrected chi connectivity index (χ2v) is 6.81. The molecule has 1 rings (SSSR count). The maximum atomic E-state index is 5.52. The van der Waals surface area contributed by atoms with Gasteiger partial charge in [-0.3, -0.25) is 0 Å². The number of hydrogen-bond acceptors (Lipinski definition) is 2. The molecule has 0 aliphatic carbocycles. The third-order valence-electron chi connectivity index (χ3n) is 3.59. The maximum Gasteiger partial charge on any atom is 0.0132 e. The van der Waals surface area contributed by atoms with Gasteiger partial charge in [0.2, 0.25) is 0 Å². The summed E-state index contributed by atoms with van der Waals surface area (Å²) >= 11 is 0. The van der Waals surface area contributed by atoms with Crippen LogP contribution >= 0.6 is 0 Å². The molecule has 1 aliphatic heterocycles. The van der Waals surface area contributed by atoms with Crippen molar-refractivity contribution in [2.24, 2.45) is 11.7 Å².